The highest BCUT2D eigenvalue weighted by molar-refractivity contribution is 8.76. The Labute approximate surface area is 881 Å². The number of rotatable bonds is 37. The first-order valence-corrected chi connectivity index (χ1v) is 60.0. The van der Waals surface area contributed by atoms with E-state index in [-0.39, 0.29) is 123 Å². The van der Waals surface area contributed by atoms with E-state index in [9.17, 15) is 38.4 Å². The fraction of sp³-hybridized carbons (Fsp3) is 0.874. The van der Waals surface area contributed by atoms with Gasteiger partial charge in [-0.3, -0.25) is 38.4 Å². The number of nitrogens with zero attached hydrogens (tertiary/aromatic N) is 2. The molecule has 0 heterocycles. The van der Waals surface area contributed by atoms with Crippen LogP contribution >= 0.6 is 104 Å². The molecule has 2 unspecified atom stereocenters. The number of carbonyl (C=O) groups excluding carboxylic acids is 8. The van der Waals surface area contributed by atoms with Gasteiger partial charge < -0.3 is 41.7 Å². The van der Waals surface area contributed by atoms with Gasteiger partial charge in [0.25, 0.3) is 5.91 Å². The van der Waals surface area contributed by atoms with Crippen LogP contribution in [0.4, 0.5) is 0 Å². The molecule has 0 spiro atoms. The number of amides is 8. The largest absolute Gasteiger partial charge is 0.355 e. The summed E-state index contributed by atoms with van der Waals surface area (Å²) in [6.07, 6.45) is 2.39. The van der Waals surface area contributed by atoms with Gasteiger partial charge in [-0.2, -0.15) is 47.0 Å². The highest BCUT2D eigenvalue weighted by Gasteiger charge is 2.28. The SMILES string of the molecule is CC(C)(C)CNC(=O)CSCC(C)(C)C.CC(C)(C)CNC(=O)c1ccccc1SSCC(C)(C)C.CC(CSCC(C)(C)C)C(=O)NCC(C)(C)C.CC(SCC(C)(C)C)C(=O)NCC(C)(C)C.CN(CC(C)(C)C)C(=O)CCSCC(C)(C)C.CN(CCC(C)(C)C)C(=O)CCSCC(C)(C)C.C[C@@H](SCC(C)(C)C)C(=O)NCC(C)(C)C.C[C@H](SCC(C)(C)C)C(=O)NCC(C)(C)C. The van der Waals surface area contributed by atoms with Crippen molar-refractivity contribution in [2.24, 2.45) is 92.6 Å². The predicted octanol–water partition coefficient (Wildman–Crippen LogP) is 29.4. The molecule has 0 aliphatic rings. The van der Waals surface area contributed by atoms with Crippen LogP contribution < -0.4 is 31.9 Å². The van der Waals surface area contributed by atoms with Crippen LogP contribution in [-0.4, -0.2) is 208 Å². The molecule has 0 aliphatic heterocycles. The van der Waals surface area contributed by atoms with Crippen molar-refractivity contribution in [2.45, 2.75) is 400 Å². The molecule has 1 rings (SSSR count). The van der Waals surface area contributed by atoms with E-state index >= 15 is 0 Å². The molecule has 808 valence electrons. The Morgan fingerprint density at radius 3 is 0.882 bits per heavy atom. The average molecular weight is 2090 g/mol. The highest BCUT2D eigenvalue weighted by Crippen LogP contribution is 2.38. The molecule has 4 atom stereocenters. The summed E-state index contributed by atoms with van der Waals surface area (Å²) in [5.74, 6) is 13.3. The van der Waals surface area contributed by atoms with Gasteiger partial charge in [-0.25, -0.2) is 0 Å². The first-order valence-electron chi connectivity index (χ1n) is 49.9. The van der Waals surface area contributed by atoms with E-state index in [0.29, 0.717) is 57.6 Å². The maximum absolute atomic E-state index is 12.3. The molecule has 0 saturated heterocycles. The van der Waals surface area contributed by atoms with E-state index in [2.05, 4.69) is 364 Å². The number of carbonyl (C=O) groups is 8. The Morgan fingerprint density at radius 1 is 0.301 bits per heavy atom. The fourth-order valence-electron chi connectivity index (χ4n) is 9.17. The van der Waals surface area contributed by atoms with E-state index < -0.39 is 0 Å². The minimum atomic E-state index is 0.0179. The van der Waals surface area contributed by atoms with Crippen LogP contribution in [0.25, 0.3) is 0 Å². The monoisotopic (exact) mass is 2080 g/mol. The van der Waals surface area contributed by atoms with E-state index in [1.807, 2.05) is 111 Å². The van der Waals surface area contributed by atoms with Gasteiger partial charge in [-0.1, -0.05) is 373 Å². The smallest absolute Gasteiger partial charge is 0.252 e. The number of nitrogens with one attached hydrogen (secondary N) is 6. The maximum Gasteiger partial charge on any atom is 0.252 e. The summed E-state index contributed by atoms with van der Waals surface area (Å²) < 4.78 is 0. The molecule has 1 aromatic carbocycles. The van der Waals surface area contributed by atoms with Crippen molar-refractivity contribution in [3.05, 3.63) is 29.8 Å². The zero-order valence-corrected chi connectivity index (χ0v) is 106. The van der Waals surface area contributed by atoms with Crippen molar-refractivity contribution in [3.63, 3.8) is 0 Å². The van der Waals surface area contributed by atoms with Crippen LogP contribution in [0.3, 0.4) is 0 Å². The molecule has 0 bridgehead atoms. The molecule has 16 nitrogen and oxygen atoms in total. The lowest BCUT2D eigenvalue weighted by Crippen LogP contribution is -2.37. The summed E-state index contributed by atoms with van der Waals surface area (Å²) in [7, 11) is 7.32. The van der Waals surface area contributed by atoms with Crippen LogP contribution in [0.1, 0.15) is 390 Å². The van der Waals surface area contributed by atoms with Crippen LogP contribution in [0.15, 0.2) is 29.2 Å². The number of thioether (sulfide) groups is 7. The fourth-order valence-corrected chi connectivity index (χ4v) is 19.5. The van der Waals surface area contributed by atoms with Crippen molar-refractivity contribution >= 4 is 151 Å². The molecule has 0 saturated carbocycles. The van der Waals surface area contributed by atoms with E-state index in [0.717, 1.165) is 126 Å². The lowest BCUT2D eigenvalue weighted by Gasteiger charge is -2.26. The van der Waals surface area contributed by atoms with Crippen molar-refractivity contribution < 1.29 is 38.4 Å². The molecule has 0 aliphatic carbocycles. The molecule has 0 radical (unpaired) electrons. The molecule has 0 aromatic heterocycles. The Balaban J connectivity index is -0.000000280. The van der Waals surface area contributed by atoms with Gasteiger partial charge in [0, 0.05) is 113 Å². The van der Waals surface area contributed by atoms with Crippen LogP contribution in [0.2, 0.25) is 0 Å². The molecule has 8 amide bonds. The summed E-state index contributed by atoms with van der Waals surface area (Å²) >= 11 is 12.5. The van der Waals surface area contributed by atoms with E-state index in [1.54, 1.807) is 68.6 Å². The third-order valence-corrected chi connectivity index (χ3v) is 31.4. The molecule has 1 aromatic rings. The molecular weight excluding hydrogens is 1860 g/mol. The van der Waals surface area contributed by atoms with Crippen LogP contribution in [0.5, 0.6) is 0 Å². The quantitative estimate of drug-likeness (QED) is 0.0270. The molecule has 25 heteroatoms. The number of hydrogen-bond donors (Lipinski definition) is 6. The third kappa shape index (κ3) is 117. The summed E-state index contributed by atoms with van der Waals surface area (Å²) in [6.45, 7) is 118. The highest BCUT2D eigenvalue weighted by atomic mass is 33.1. The van der Waals surface area contributed by atoms with E-state index in [1.165, 1.54) is 0 Å². The van der Waals surface area contributed by atoms with Crippen molar-refractivity contribution in [2.75, 3.05) is 135 Å². The van der Waals surface area contributed by atoms with Crippen molar-refractivity contribution in [1.29, 1.82) is 0 Å². The lowest BCUT2D eigenvalue weighted by atomic mass is 9.92. The van der Waals surface area contributed by atoms with Gasteiger partial charge >= 0.3 is 0 Å². The van der Waals surface area contributed by atoms with E-state index in [4.69, 9.17) is 0 Å². The summed E-state index contributed by atoms with van der Waals surface area (Å²) in [4.78, 5) is 99.5. The van der Waals surface area contributed by atoms with Gasteiger partial charge in [0.15, 0.2) is 0 Å². The second kappa shape index (κ2) is 68.6. The Kier molecular flexibility index (Phi) is 74.1. The zero-order chi connectivity index (χ0) is 109. The van der Waals surface area contributed by atoms with Crippen molar-refractivity contribution in [1.82, 2.24) is 41.7 Å². The predicted molar refractivity (Wildman–Crippen MR) is 627 cm³/mol. The van der Waals surface area contributed by atoms with Crippen LogP contribution in [-0.2, 0) is 33.6 Å². The second-order valence-electron chi connectivity index (χ2n) is 56.3. The molecule has 136 heavy (non-hydrogen) atoms. The van der Waals surface area contributed by atoms with Gasteiger partial charge in [-0.15, -0.1) is 35.3 Å². The van der Waals surface area contributed by atoms with Crippen LogP contribution in [0, 0.1) is 92.6 Å². The Bertz CT molecular complexity index is 3270. The zero-order valence-electron chi connectivity index (χ0n) is 98.7. The summed E-state index contributed by atoms with van der Waals surface area (Å²) in [6, 6.07) is 7.83. The topological polar surface area (TPSA) is 215 Å². The number of benzene rings is 1. The molecule has 6 N–H and O–H groups in total. The Morgan fingerprint density at radius 2 is 0.581 bits per heavy atom. The van der Waals surface area contributed by atoms with Gasteiger partial charge in [0.2, 0.25) is 41.4 Å². The molecular formula is C111H222N8O8S9. The first kappa shape index (κ1) is 147. The average Bonchev–Trinajstić information content (AvgIpc) is 0.853. The minimum Gasteiger partial charge on any atom is -0.355 e. The second-order valence-corrected chi connectivity index (χ2v) is 66.9. The summed E-state index contributed by atoms with van der Waals surface area (Å²) in [5.41, 5.74) is 4.64. The normalized spacial score (nSPS) is 13.5. The van der Waals surface area contributed by atoms with Crippen molar-refractivity contribution in [3.8, 4) is 0 Å². The van der Waals surface area contributed by atoms with Gasteiger partial charge in [0.05, 0.1) is 27.1 Å². The lowest BCUT2D eigenvalue weighted by molar-refractivity contribution is -0.131. The first-order chi connectivity index (χ1) is 60.3. The Hall–Kier alpha value is -1.87. The summed E-state index contributed by atoms with van der Waals surface area (Å²) in [5, 5.41) is 18.1. The van der Waals surface area contributed by atoms with Gasteiger partial charge in [0.1, 0.15) is 0 Å². The number of hydrogen-bond acceptors (Lipinski definition) is 17. The maximum atomic E-state index is 12.3. The standard InChI is InChI=1S/C17H27NOS2.C15H31NOS.2C14H29NOS.3C13H27NOS.C12H25NOS/c1-16(2,3)11-18-15(19)13-9-7-8-10-14(13)21-20-12-17(4,5)6;1-14(2,3)9-10-16(7)13(17)8-11-18-12-15(4,5)6;1-11(8-17-10-14(5,6)7)12(16)15-9-13(2,3)4;1-13(2,3)10-15(7)12(16)8-9-17-11-14(4,5)6;3*1-10(16-9-13(5,6)7)11(15)14-8-12(2,3)4;1-11(2,3)8-13-10(14)7-15-9-12(4,5)6/h7-10H,11-12H2,1-6H3,(H,18,19);8-12H2,1-7H3;11H,8-10H2,1-7H3,(H,15,16);8-11H2,1-7H3;3*10H,8-9H2,1-7H3,(H,14,15);7-9H2,1-6H3,(H,13,14)/t;;;;2*10-;;/m....10../s1. The molecule has 0 fully saturated rings. The third-order valence-electron chi connectivity index (χ3n) is 16.8. The minimum absolute atomic E-state index is 0.0179. The van der Waals surface area contributed by atoms with Gasteiger partial charge in [-0.05, 0) is 166 Å².